The Bertz CT molecular complexity index is 1260. The molecule has 0 bridgehead atoms. The highest BCUT2D eigenvalue weighted by atomic mass is 16.4. The van der Waals surface area contributed by atoms with Crippen LogP contribution >= 0.6 is 0 Å². The normalized spacial score (nSPS) is 13.3. The number of amides is 1. The Hall–Kier alpha value is -3.93. The molecule has 1 N–H and O–H groups in total. The number of nitrogens with one attached hydrogen (secondary N) is 1. The zero-order chi connectivity index (χ0) is 22.6. The van der Waals surface area contributed by atoms with Gasteiger partial charge in [0.1, 0.15) is 0 Å². The Labute approximate surface area is 193 Å². The first-order valence-electron chi connectivity index (χ1n) is 11.3. The number of hydrogen-bond donors (Lipinski definition) is 1. The molecular formula is C27H26N4O2. The first-order valence-corrected chi connectivity index (χ1v) is 11.3. The number of anilines is 1. The molecule has 6 heteroatoms. The monoisotopic (exact) mass is 438 g/mol. The van der Waals surface area contributed by atoms with Crippen LogP contribution in [0.4, 0.5) is 5.69 Å². The molecule has 0 aliphatic carbocycles. The molecule has 0 radical (unpaired) electrons. The highest BCUT2D eigenvalue weighted by Gasteiger charge is 2.16. The standard InChI is InChI=1S/C27H26N4O2/c1-19-8-2-4-10-23(19)27-30-29-26(33-27)21-14-12-20(13-15-21)25(32)28-18-22-9-3-5-11-24(22)31-16-6-7-17-31/h2-5,8-15H,6-7,16-18H2,1H3,(H,28,32). The molecule has 2 heterocycles. The third-order valence-corrected chi connectivity index (χ3v) is 6.07. The topological polar surface area (TPSA) is 71.3 Å². The van der Waals surface area contributed by atoms with Crippen LogP contribution in [-0.2, 0) is 6.54 Å². The molecule has 5 rings (SSSR count). The van der Waals surface area contributed by atoms with Crippen LogP contribution in [0.3, 0.4) is 0 Å². The Morgan fingerprint density at radius 3 is 2.39 bits per heavy atom. The van der Waals surface area contributed by atoms with E-state index in [-0.39, 0.29) is 5.91 Å². The summed E-state index contributed by atoms with van der Waals surface area (Å²) in [6, 6.07) is 23.4. The number of benzene rings is 3. The van der Waals surface area contributed by atoms with Gasteiger partial charge in [-0.1, -0.05) is 36.4 Å². The summed E-state index contributed by atoms with van der Waals surface area (Å²) in [5.41, 5.74) is 5.72. The zero-order valence-corrected chi connectivity index (χ0v) is 18.6. The Kier molecular flexibility index (Phi) is 5.89. The fourth-order valence-electron chi connectivity index (χ4n) is 4.23. The van der Waals surface area contributed by atoms with Crippen molar-refractivity contribution in [1.82, 2.24) is 15.5 Å². The van der Waals surface area contributed by atoms with Gasteiger partial charge in [0, 0.05) is 42.0 Å². The van der Waals surface area contributed by atoms with Crippen molar-refractivity contribution in [3.05, 3.63) is 89.5 Å². The Morgan fingerprint density at radius 1 is 0.909 bits per heavy atom. The zero-order valence-electron chi connectivity index (χ0n) is 18.6. The van der Waals surface area contributed by atoms with Gasteiger partial charge in [0.25, 0.3) is 5.91 Å². The highest BCUT2D eigenvalue weighted by molar-refractivity contribution is 5.94. The van der Waals surface area contributed by atoms with Crippen LogP contribution in [0.25, 0.3) is 22.9 Å². The maximum absolute atomic E-state index is 12.7. The number of hydrogen-bond acceptors (Lipinski definition) is 5. The van der Waals surface area contributed by atoms with E-state index >= 15 is 0 Å². The minimum Gasteiger partial charge on any atom is -0.416 e. The third-order valence-electron chi connectivity index (χ3n) is 6.07. The van der Waals surface area contributed by atoms with E-state index in [1.807, 2.05) is 49.4 Å². The summed E-state index contributed by atoms with van der Waals surface area (Å²) >= 11 is 0. The van der Waals surface area contributed by atoms with Crippen molar-refractivity contribution in [1.29, 1.82) is 0 Å². The van der Waals surface area contributed by atoms with Crippen LogP contribution in [0.15, 0.2) is 77.2 Å². The summed E-state index contributed by atoms with van der Waals surface area (Å²) < 4.78 is 5.88. The molecule has 0 spiro atoms. The average molecular weight is 439 g/mol. The first kappa shape index (κ1) is 20.9. The maximum atomic E-state index is 12.7. The largest absolute Gasteiger partial charge is 0.416 e. The van der Waals surface area contributed by atoms with Gasteiger partial charge in [0.15, 0.2) is 0 Å². The van der Waals surface area contributed by atoms with E-state index in [4.69, 9.17) is 4.42 Å². The van der Waals surface area contributed by atoms with Gasteiger partial charge in [-0.25, -0.2) is 0 Å². The lowest BCUT2D eigenvalue weighted by atomic mass is 10.1. The van der Waals surface area contributed by atoms with Gasteiger partial charge in [-0.2, -0.15) is 0 Å². The summed E-state index contributed by atoms with van der Waals surface area (Å²) in [5.74, 6) is 0.810. The Balaban J connectivity index is 1.26. The third kappa shape index (κ3) is 4.51. The number of carbonyl (C=O) groups is 1. The van der Waals surface area contributed by atoms with Crippen LogP contribution in [0.2, 0.25) is 0 Å². The summed E-state index contributed by atoms with van der Waals surface area (Å²) in [4.78, 5) is 15.1. The predicted molar refractivity (Wildman–Crippen MR) is 129 cm³/mol. The van der Waals surface area contributed by atoms with E-state index in [1.54, 1.807) is 12.1 Å². The average Bonchev–Trinajstić information content (AvgIpc) is 3.56. The molecule has 1 amide bonds. The first-order chi connectivity index (χ1) is 16.2. The number of para-hydroxylation sites is 1. The molecule has 1 aliphatic heterocycles. The van der Waals surface area contributed by atoms with Crippen molar-refractivity contribution in [3.63, 3.8) is 0 Å². The van der Waals surface area contributed by atoms with Crippen LogP contribution in [0.5, 0.6) is 0 Å². The van der Waals surface area contributed by atoms with Gasteiger partial charge in [-0.3, -0.25) is 4.79 Å². The van der Waals surface area contributed by atoms with Gasteiger partial charge < -0.3 is 14.6 Å². The van der Waals surface area contributed by atoms with Crippen molar-refractivity contribution < 1.29 is 9.21 Å². The summed E-state index contributed by atoms with van der Waals surface area (Å²) in [5, 5.41) is 11.4. The molecule has 3 aromatic carbocycles. The van der Waals surface area contributed by atoms with E-state index in [1.165, 1.54) is 18.5 Å². The fraction of sp³-hybridized carbons (Fsp3) is 0.222. The summed E-state index contributed by atoms with van der Waals surface area (Å²) in [6.45, 7) is 4.66. The van der Waals surface area contributed by atoms with Gasteiger partial charge in [-0.15, -0.1) is 10.2 Å². The van der Waals surface area contributed by atoms with Crippen molar-refractivity contribution in [2.24, 2.45) is 0 Å². The van der Waals surface area contributed by atoms with E-state index in [0.29, 0.717) is 23.9 Å². The molecular weight excluding hydrogens is 412 g/mol. The lowest BCUT2D eigenvalue weighted by molar-refractivity contribution is 0.0951. The fourth-order valence-corrected chi connectivity index (χ4v) is 4.23. The number of nitrogens with zero attached hydrogens (tertiary/aromatic N) is 3. The second kappa shape index (κ2) is 9.28. The van der Waals surface area contributed by atoms with Crippen LogP contribution in [0, 0.1) is 6.92 Å². The SMILES string of the molecule is Cc1ccccc1-c1nnc(-c2ccc(C(=O)NCc3ccccc3N3CCCC3)cc2)o1. The molecule has 0 atom stereocenters. The van der Waals surface area contributed by atoms with E-state index in [0.717, 1.165) is 35.3 Å². The molecule has 4 aromatic rings. The van der Waals surface area contributed by atoms with E-state index in [2.05, 4.69) is 38.6 Å². The van der Waals surface area contributed by atoms with Crippen LogP contribution < -0.4 is 10.2 Å². The van der Waals surface area contributed by atoms with E-state index < -0.39 is 0 Å². The second-order valence-electron chi connectivity index (χ2n) is 8.31. The molecule has 6 nitrogen and oxygen atoms in total. The number of carbonyl (C=O) groups excluding carboxylic acids is 1. The molecule has 166 valence electrons. The van der Waals surface area contributed by atoms with Gasteiger partial charge in [-0.05, 0) is 67.3 Å². The molecule has 0 saturated carbocycles. The minimum atomic E-state index is -0.107. The number of aryl methyl sites for hydroxylation is 1. The van der Waals surface area contributed by atoms with E-state index in [9.17, 15) is 4.79 Å². The van der Waals surface area contributed by atoms with Crippen molar-refractivity contribution in [2.75, 3.05) is 18.0 Å². The maximum Gasteiger partial charge on any atom is 0.251 e. The lowest BCUT2D eigenvalue weighted by Gasteiger charge is -2.21. The van der Waals surface area contributed by atoms with Gasteiger partial charge in [0.2, 0.25) is 11.8 Å². The molecule has 1 aliphatic rings. The second-order valence-corrected chi connectivity index (χ2v) is 8.31. The predicted octanol–water partition coefficient (Wildman–Crippen LogP) is 5.24. The number of rotatable bonds is 6. The highest BCUT2D eigenvalue weighted by Crippen LogP contribution is 2.27. The smallest absolute Gasteiger partial charge is 0.251 e. The lowest BCUT2D eigenvalue weighted by Crippen LogP contribution is -2.25. The van der Waals surface area contributed by atoms with Crippen molar-refractivity contribution in [3.8, 4) is 22.9 Å². The number of aromatic nitrogens is 2. The quantitative estimate of drug-likeness (QED) is 0.446. The molecule has 1 saturated heterocycles. The van der Waals surface area contributed by atoms with Crippen molar-refractivity contribution in [2.45, 2.75) is 26.3 Å². The summed E-state index contributed by atoms with van der Waals surface area (Å²) in [7, 11) is 0. The molecule has 0 unspecified atom stereocenters. The van der Waals surface area contributed by atoms with Gasteiger partial charge in [0.05, 0.1) is 0 Å². The van der Waals surface area contributed by atoms with Gasteiger partial charge >= 0.3 is 0 Å². The van der Waals surface area contributed by atoms with Crippen molar-refractivity contribution >= 4 is 11.6 Å². The van der Waals surface area contributed by atoms with Crippen LogP contribution in [0.1, 0.15) is 34.3 Å². The summed E-state index contributed by atoms with van der Waals surface area (Å²) in [6.07, 6.45) is 2.44. The Morgan fingerprint density at radius 2 is 1.61 bits per heavy atom. The molecule has 1 aromatic heterocycles. The molecule has 33 heavy (non-hydrogen) atoms. The molecule has 1 fully saturated rings. The van der Waals surface area contributed by atoms with Crippen LogP contribution in [-0.4, -0.2) is 29.2 Å². The minimum absolute atomic E-state index is 0.107.